The summed E-state index contributed by atoms with van der Waals surface area (Å²) in [6.45, 7) is 5.17. The second-order valence-electron chi connectivity index (χ2n) is 7.50. The van der Waals surface area contributed by atoms with E-state index in [4.69, 9.17) is 4.74 Å². The lowest BCUT2D eigenvalue weighted by Crippen LogP contribution is -2.49. The van der Waals surface area contributed by atoms with Gasteiger partial charge in [0.2, 0.25) is 0 Å². The predicted molar refractivity (Wildman–Crippen MR) is 95.6 cm³/mol. The van der Waals surface area contributed by atoms with Gasteiger partial charge in [-0.05, 0) is 32.1 Å². The van der Waals surface area contributed by atoms with Gasteiger partial charge >= 0.3 is 23.9 Å². The molecule has 2 rings (SSSR count). The van der Waals surface area contributed by atoms with Crippen molar-refractivity contribution in [1.29, 1.82) is 0 Å². The van der Waals surface area contributed by atoms with E-state index >= 15 is 0 Å². The summed E-state index contributed by atoms with van der Waals surface area (Å²) in [4.78, 5) is 49.0. The minimum absolute atomic E-state index is 0.174. The zero-order valence-electron chi connectivity index (χ0n) is 15.9. The maximum atomic E-state index is 12.8. The summed E-state index contributed by atoms with van der Waals surface area (Å²) < 4.78 is 4.93. The molecule has 7 nitrogen and oxygen atoms in total. The maximum Gasteiger partial charge on any atom is 0.342 e. The number of unbranched alkanes of at least 4 members (excludes halogenated alkanes) is 2. The second-order valence-corrected chi connectivity index (χ2v) is 7.50. The molecule has 7 heteroatoms. The molecule has 0 saturated carbocycles. The SMILES string of the molecule is CCCC/C=C1\C(=O)OC(=O)[C@@]12C[C@@](C)(C(=O)O)C(C(=O)O)=C[C@H]2CCC. The number of rotatable bonds is 7. The van der Waals surface area contributed by atoms with Crippen molar-refractivity contribution in [1.82, 2.24) is 0 Å². The number of carboxylic acid groups (broad SMARTS) is 2. The number of esters is 2. The number of allylic oxidation sites excluding steroid dienone is 2. The standard InChI is InChI=1S/C20H26O7/c1-4-6-7-9-13-16(23)27-18(26)20(13)11-19(3,17(24)25)14(15(21)22)10-12(20)8-5-2/h9-10,12H,4-8,11H2,1-3H3,(H,21,22)(H,24,25)/b13-9+/t12-,19-,20-/m1/s1. The van der Waals surface area contributed by atoms with Gasteiger partial charge in [-0.15, -0.1) is 0 Å². The summed E-state index contributed by atoms with van der Waals surface area (Å²) in [5.41, 5.74) is -3.33. The monoisotopic (exact) mass is 378 g/mol. The molecule has 27 heavy (non-hydrogen) atoms. The fourth-order valence-corrected chi connectivity index (χ4v) is 4.21. The molecule has 1 aliphatic carbocycles. The van der Waals surface area contributed by atoms with Crippen molar-refractivity contribution >= 4 is 23.9 Å². The van der Waals surface area contributed by atoms with Gasteiger partial charge in [-0.25, -0.2) is 9.59 Å². The Labute approximate surface area is 158 Å². The number of ether oxygens (including phenoxy) is 1. The van der Waals surface area contributed by atoms with Crippen LogP contribution in [0.2, 0.25) is 0 Å². The van der Waals surface area contributed by atoms with E-state index in [2.05, 4.69) is 0 Å². The van der Waals surface area contributed by atoms with Crippen LogP contribution >= 0.6 is 0 Å². The Balaban J connectivity index is 2.71. The minimum atomic E-state index is -1.80. The highest BCUT2D eigenvalue weighted by Crippen LogP contribution is 2.57. The minimum Gasteiger partial charge on any atom is -0.481 e. The molecule has 0 aromatic rings. The molecule has 2 aliphatic rings. The van der Waals surface area contributed by atoms with Gasteiger partial charge in [0.25, 0.3) is 0 Å². The van der Waals surface area contributed by atoms with Crippen LogP contribution in [0.1, 0.15) is 59.3 Å². The Morgan fingerprint density at radius 3 is 2.44 bits per heavy atom. The molecule has 1 saturated heterocycles. The Kier molecular flexibility index (Phi) is 5.92. The van der Waals surface area contributed by atoms with E-state index in [1.807, 2.05) is 13.8 Å². The van der Waals surface area contributed by atoms with E-state index < -0.39 is 40.6 Å². The number of carbonyl (C=O) groups is 4. The van der Waals surface area contributed by atoms with Crippen LogP contribution in [0, 0.1) is 16.7 Å². The maximum absolute atomic E-state index is 12.8. The first-order chi connectivity index (χ1) is 12.6. The topological polar surface area (TPSA) is 118 Å². The third-order valence-electron chi connectivity index (χ3n) is 5.69. The molecule has 0 bridgehead atoms. The van der Waals surface area contributed by atoms with Crippen LogP contribution in [-0.2, 0) is 23.9 Å². The first kappa shape index (κ1) is 20.9. The van der Waals surface area contributed by atoms with Crippen LogP contribution < -0.4 is 0 Å². The number of hydrogen-bond donors (Lipinski definition) is 2. The summed E-state index contributed by atoms with van der Waals surface area (Å²) in [5.74, 6) is -4.80. The van der Waals surface area contributed by atoms with Crippen molar-refractivity contribution in [3.8, 4) is 0 Å². The van der Waals surface area contributed by atoms with E-state index in [1.54, 1.807) is 6.08 Å². The molecule has 2 N–H and O–H groups in total. The second kappa shape index (κ2) is 7.66. The highest BCUT2D eigenvalue weighted by molar-refractivity contribution is 6.11. The average molecular weight is 378 g/mol. The summed E-state index contributed by atoms with van der Waals surface area (Å²) >= 11 is 0. The van der Waals surface area contributed by atoms with Crippen LogP contribution in [0.15, 0.2) is 23.3 Å². The van der Waals surface area contributed by atoms with Gasteiger partial charge in [0.1, 0.15) is 5.41 Å². The lowest BCUT2D eigenvalue weighted by molar-refractivity contribution is -0.160. The third-order valence-corrected chi connectivity index (χ3v) is 5.69. The highest BCUT2D eigenvalue weighted by Gasteiger charge is 2.64. The first-order valence-electron chi connectivity index (χ1n) is 9.31. The van der Waals surface area contributed by atoms with Crippen LogP contribution in [0.5, 0.6) is 0 Å². The Morgan fingerprint density at radius 1 is 1.26 bits per heavy atom. The number of aliphatic carboxylic acids is 2. The van der Waals surface area contributed by atoms with Crippen molar-refractivity contribution in [2.24, 2.45) is 16.7 Å². The van der Waals surface area contributed by atoms with Crippen molar-refractivity contribution < 1.29 is 34.1 Å². The van der Waals surface area contributed by atoms with Crippen molar-refractivity contribution in [2.45, 2.75) is 59.3 Å². The van der Waals surface area contributed by atoms with Crippen LogP contribution in [-0.4, -0.2) is 34.1 Å². The van der Waals surface area contributed by atoms with Gasteiger partial charge < -0.3 is 14.9 Å². The number of cyclic esters (lactones) is 2. The van der Waals surface area contributed by atoms with Crippen molar-refractivity contribution in [3.05, 3.63) is 23.3 Å². The molecule has 1 heterocycles. The number of carboxylic acids is 2. The fourth-order valence-electron chi connectivity index (χ4n) is 4.21. The Hall–Kier alpha value is -2.44. The summed E-state index contributed by atoms with van der Waals surface area (Å²) in [7, 11) is 0. The quantitative estimate of drug-likeness (QED) is 0.302. The van der Waals surface area contributed by atoms with Crippen LogP contribution in [0.4, 0.5) is 0 Å². The van der Waals surface area contributed by atoms with E-state index in [0.717, 1.165) is 12.8 Å². The molecule has 0 unspecified atom stereocenters. The first-order valence-corrected chi connectivity index (χ1v) is 9.31. The lowest BCUT2D eigenvalue weighted by Gasteiger charge is -2.43. The van der Waals surface area contributed by atoms with E-state index in [1.165, 1.54) is 13.0 Å². The summed E-state index contributed by atoms with van der Waals surface area (Å²) in [6, 6.07) is 0. The molecular weight excluding hydrogens is 352 g/mol. The zero-order chi connectivity index (χ0) is 20.4. The smallest absolute Gasteiger partial charge is 0.342 e. The van der Waals surface area contributed by atoms with E-state index in [9.17, 15) is 29.4 Å². The number of hydrogen-bond acceptors (Lipinski definition) is 5. The van der Waals surface area contributed by atoms with Crippen molar-refractivity contribution in [2.75, 3.05) is 0 Å². The molecule has 0 aromatic carbocycles. The van der Waals surface area contributed by atoms with Crippen molar-refractivity contribution in [3.63, 3.8) is 0 Å². The molecule has 3 atom stereocenters. The summed E-state index contributed by atoms with van der Waals surface area (Å²) in [6.07, 6.45) is 6.08. The fraction of sp³-hybridized carbons (Fsp3) is 0.600. The average Bonchev–Trinajstić information content (AvgIpc) is 2.81. The molecule has 1 spiro atoms. The molecule has 0 radical (unpaired) electrons. The van der Waals surface area contributed by atoms with Crippen LogP contribution in [0.3, 0.4) is 0 Å². The zero-order valence-corrected chi connectivity index (χ0v) is 15.9. The van der Waals surface area contributed by atoms with Gasteiger partial charge in [-0.3, -0.25) is 9.59 Å². The molecule has 0 aromatic heterocycles. The highest BCUT2D eigenvalue weighted by atomic mass is 16.6. The predicted octanol–water partition coefficient (Wildman–Crippen LogP) is 3.09. The largest absolute Gasteiger partial charge is 0.481 e. The Morgan fingerprint density at radius 2 is 1.93 bits per heavy atom. The van der Waals surface area contributed by atoms with Crippen LogP contribution in [0.25, 0.3) is 0 Å². The lowest BCUT2D eigenvalue weighted by atomic mass is 9.55. The molecule has 148 valence electrons. The van der Waals surface area contributed by atoms with Gasteiger partial charge in [0.15, 0.2) is 0 Å². The van der Waals surface area contributed by atoms with E-state index in [0.29, 0.717) is 19.3 Å². The van der Waals surface area contributed by atoms with Gasteiger partial charge in [0.05, 0.1) is 16.6 Å². The van der Waals surface area contributed by atoms with Gasteiger partial charge in [-0.1, -0.05) is 45.3 Å². The number of carbonyl (C=O) groups excluding carboxylic acids is 2. The molecule has 1 aliphatic heterocycles. The van der Waals surface area contributed by atoms with E-state index in [-0.39, 0.29) is 17.6 Å². The van der Waals surface area contributed by atoms with Gasteiger partial charge in [0, 0.05) is 0 Å². The normalized spacial score (nSPS) is 31.9. The molecular formula is C20H26O7. The summed E-state index contributed by atoms with van der Waals surface area (Å²) in [5, 5.41) is 19.3. The Bertz CT molecular complexity index is 733. The molecule has 0 amide bonds. The molecule has 1 fully saturated rings. The van der Waals surface area contributed by atoms with Gasteiger partial charge in [-0.2, -0.15) is 0 Å². The third kappa shape index (κ3) is 3.31.